The first kappa shape index (κ1) is 14.2. The topological polar surface area (TPSA) is 54.4 Å². The maximum Gasteiger partial charge on any atom is 0.310 e. The molecule has 0 heterocycles. The third kappa shape index (κ3) is 9.67. The van der Waals surface area contributed by atoms with E-state index in [2.05, 4.69) is 0 Å². The lowest BCUT2D eigenvalue weighted by Gasteiger charge is -1.95. The lowest BCUT2D eigenvalue weighted by molar-refractivity contribution is -0.140. The van der Waals surface area contributed by atoms with Crippen LogP contribution in [0.1, 0.15) is 39.0 Å². The fourth-order valence-electron chi connectivity index (χ4n) is 0.829. The molecule has 1 N–H and O–H groups in total. The Labute approximate surface area is 83.3 Å². The molecule has 0 aromatic carbocycles. The van der Waals surface area contributed by atoms with Gasteiger partial charge >= 0.3 is 5.97 Å². The number of hydrogen-bond donors (Lipinski definition) is 1. The number of hydrogen-bond acceptors (Lipinski definition) is 2. The van der Waals surface area contributed by atoms with E-state index in [1.54, 1.807) is 0 Å². The van der Waals surface area contributed by atoms with E-state index < -0.39 is 5.97 Å². The minimum atomic E-state index is -1.02. The van der Waals surface area contributed by atoms with E-state index in [1.165, 1.54) is 0 Å². The molecule has 0 rings (SSSR count). The van der Waals surface area contributed by atoms with Crippen molar-refractivity contribution in [1.29, 1.82) is 0 Å². The van der Waals surface area contributed by atoms with Crippen LogP contribution in [0, 0.1) is 0 Å². The van der Waals surface area contributed by atoms with Crippen molar-refractivity contribution in [3.8, 4) is 0 Å². The first-order chi connectivity index (χ1) is 5.16. The van der Waals surface area contributed by atoms with Crippen LogP contribution in [0.25, 0.3) is 0 Å². The molecule has 0 spiro atoms. The van der Waals surface area contributed by atoms with Crippen molar-refractivity contribution in [3.05, 3.63) is 0 Å². The summed E-state index contributed by atoms with van der Waals surface area (Å²) in [5.74, 6) is -1.18. The molecule has 0 amide bonds. The number of rotatable bonds is 6. The SMILES string of the molecule is CCCCCC(=O)CC(=O)O.[AlH3]. The zero-order valence-electron chi connectivity index (χ0n) is 6.80. The predicted molar refractivity (Wildman–Crippen MR) is 51.3 cm³/mol. The largest absolute Gasteiger partial charge is 0.481 e. The monoisotopic (exact) mass is 188 g/mol. The lowest BCUT2D eigenvalue weighted by Crippen LogP contribution is -2.05. The minimum Gasteiger partial charge on any atom is -0.481 e. The second kappa shape index (κ2) is 8.77. The van der Waals surface area contributed by atoms with Crippen LogP contribution in [0.5, 0.6) is 0 Å². The summed E-state index contributed by atoms with van der Waals surface area (Å²) in [5.41, 5.74) is 0. The van der Waals surface area contributed by atoms with Gasteiger partial charge in [-0.3, -0.25) is 9.59 Å². The fraction of sp³-hybridized carbons (Fsp3) is 0.750. The van der Waals surface area contributed by atoms with Crippen molar-refractivity contribution in [1.82, 2.24) is 0 Å². The molecule has 70 valence electrons. The summed E-state index contributed by atoms with van der Waals surface area (Å²) in [6.07, 6.45) is 2.98. The van der Waals surface area contributed by atoms with Crippen molar-refractivity contribution in [3.63, 3.8) is 0 Å². The van der Waals surface area contributed by atoms with E-state index in [0.717, 1.165) is 19.3 Å². The van der Waals surface area contributed by atoms with Crippen molar-refractivity contribution < 1.29 is 14.7 Å². The van der Waals surface area contributed by atoms with Crippen molar-refractivity contribution in [2.45, 2.75) is 39.0 Å². The van der Waals surface area contributed by atoms with Crippen molar-refractivity contribution >= 4 is 29.1 Å². The molecule has 12 heavy (non-hydrogen) atoms. The van der Waals surface area contributed by atoms with E-state index in [0.29, 0.717) is 6.42 Å². The van der Waals surface area contributed by atoms with Crippen LogP contribution in [0.3, 0.4) is 0 Å². The van der Waals surface area contributed by atoms with Crippen molar-refractivity contribution in [2.75, 3.05) is 0 Å². The van der Waals surface area contributed by atoms with Crippen LogP contribution in [0.15, 0.2) is 0 Å². The van der Waals surface area contributed by atoms with Crippen LogP contribution < -0.4 is 0 Å². The maximum absolute atomic E-state index is 10.7. The van der Waals surface area contributed by atoms with Crippen LogP contribution in [0.4, 0.5) is 0 Å². The molecule has 0 aromatic rings. The first-order valence-corrected chi connectivity index (χ1v) is 3.90. The molecular formula is C8H17AlO3. The van der Waals surface area contributed by atoms with Gasteiger partial charge in [-0.25, -0.2) is 0 Å². The molecule has 0 atom stereocenters. The Morgan fingerprint density at radius 3 is 2.25 bits per heavy atom. The smallest absolute Gasteiger partial charge is 0.310 e. The molecule has 0 aliphatic carbocycles. The van der Waals surface area contributed by atoms with Gasteiger partial charge < -0.3 is 5.11 Å². The highest BCUT2D eigenvalue weighted by atomic mass is 27.0. The molecule has 0 aliphatic heterocycles. The zero-order valence-corrected chi connectivity index (χ0v) is 6.80. The average Bonchev–Trinajstić information content (AvgIpc) is 1.86. The highest BCUT2D eigenvalue weighted by molar-refractivity contribution is 5.94. The maximum atomic E-state index is 10.7. The summed E-state index contributed by atoms with van der Waals surface area (Å²) in [4.78, 5) is 20.8. The first-order valence-electron chi connectivity index (χ1n) is 3.90. The molecule has 0 bridgehead atoms. The Morgan fingerprint density at radius 2 is 1.83 bits per heavy atom. The van der Waals surface area contributed by atoms with E-state index in [9.17, 15) is 9.59 Å². The second-order valence-electron chi connectivity index (χ2n) is 2.57. The Hall–Kier alpha value is -0.328. The van der Waals surface area contributed by atoms with Gasteiger partial charge in [-0.1, -0.05) is 19.8 Å². The van der Waals surface area contributed by atoms with Gasteiger partial charge in [0.05, 0.1) is 0 Å². The Kier molecular flexibility index (Phi) is 10.4. The molecular weight excluding hydrogens is 171 g/mol. The number of ketones is 1. The molecule has 0 saturated heterocycles. The van der Waals surface area contributed by atoms with Gasteiger partial charge in [0, 0.05) is 6.42 Å². The molecule has 0 aliphatic rings. The molecule has 0 unspecified atom stereocenters. The number of Topliss-reactive ketones (excluding diaryl/α,β-unsaturated/α-hetero) is 1. The van der Waals surface area contributed by atoms with Gasteiger partial charge in [-0.2, -0.15) is 0 Å². The Morgan fingerprint density at radius 1 is 1.25 bits per heavy atom. The summed E-state index contributed by atoms with van der Waals surface area (Å²) in [5, 5.41) is 8.22. The normalized spacial score (nSPS) is 8.75. The van der Waals surface area contributed by atoms with Crippen LogP contribution in [-0.2, 0) is 9.59 Å². The third-order valence-corrected chi connectivity index (χ3v) is 1.41. The Bertz CT molecular complexity index is 145. The van der Waals surface area contributed by atoms with Gasteiger partial charge in [-0.05, 0) is 6.42 Å². The zero-order chi connectivity index (χ0) is 8.69. The summed E-state index contributed by atoms with van der Waals surface area (Å²) in [6, 6.07) is 0. The summed E-state index contributed by atoms with van der Waals surface area (Å²) in [6.45, 7) is 2.04. The lowest BCUT2D eigenvalue weighted by atomic mass is 10.1. The summed E-state index contributed by atoms with van der Waals surface area (Å²) < 4.78 is 0. The standard InChI is InChI=1S/C8H14O3.Al.3H/c1-2-3-4-5-7(9)6-8(10)11;;;;/h2-6H2,1H3,(H,10,11);;;;. The Balaban J connectivity index is 0. The summed E-state index contributed by atoms with van der Waals surface area (Å²) >= 11 is 0. The highest BCUT2D eigenvalue weighted by Crippen LogP contribution is 2.01. The fourth-order valence-corrected chi connectivity index (χ4v) is 0.829. The van der Waals surface area contributed by atoms with E-state index in [1.807, 2.05) is 6.92 Å². The van der Waals surface area contributed by atoms with E-state index in [4.69, 9.17) is 5.11 Å². The number of carboxylic acid groups (broad SMARTS) is 1. The number of carboxylic acids is 1. The van der Waals surface area contributed by atoms with Gasteiger partial charge in [-0.15, -0.1) is 0 Å². The van der Waals surface area contributed by atoms with Crippen LogP contribution in [-0.4, -0.2) is 34.2 Å². The van der Waals surface area contributed by atoms with Gasteiger partial charge in [0.15, 0.2) is 17.4 Å². The molecule has 0 fully saturated rings. The molecule has 4 heteroatoms. The molecule has 0 radical (unpaired) electrons. The second-order valence-corrected chi connectivity index (χ2v) is 2.57. The molecule has 0 saturated carbocycles. The number of carbonyl (C=O) groups excluding carboxylic acids is 1. The molecule has 0 aromatic heterocycles. The van der Waals surface area contributed by atoms with E-state index >= 15 is 0 Å². The van der Waals surface area contributed by atoms with Crippen molar-refractivity contribution in [2.24, 2.45) is 0 Å². The number of carbonyl (C=O) groups is 2. The van der Waals surface area contributed by atoms with E-state index in [-0.39, 0.29) is 29.6 Å². The minimum absolute atomic E-state index is 0. The van der Waals surface area contributed by atoms with Crippen LogP contribution >= 0.6 is 0 Å². The predicted octanol–water partition coefficient (Wildman–Crippen LogP) is 0.427. The highest BCUT2D eigenvalue weighted by Gasteiger charge is 2.05. The summed E-state index contributed by atoms with van der Waals surface area (Å²) in [7, 11) is 0. The third-order valence-electron chi connectivity index (χ3n) is 1.41. The average molecular weight is 188 g/mol. The quantitative estimate of drug-likeness (QED) is 0.373. The van der Waals surface area contributed by atoms with Gasteiger partial charge in [0.25, 0.3) is 0 Å². The van der Waals surface area contributed by atoms with Gasteiger partial charge in [0.2, 0.25) is 0 Å². The van der Waals surface area contributed by atoms with Gasteiger partial charge in [0.1, 0.15) is 12.2 Å². The van der Waals surface area contributed by atoms with Crippen LogP contribution in [0.2, 0.25) is 0 Å². The number of aliphatic carboxylic acids is 1. The molecule has 3 nitrogen and oxygen atoms in total. The number of unbranched alkanes of at least 4 members (excludes halogenated alkanes) is 2.